The summed E-state index contributed by atoms with van der Waals surface area (Å²) in [5, 5.41) is 4.18. The normalized spacial score (nSPS) is 12.6. The summed E-state index contributed by atoms with van der Waals surface area (Å²) in [5.74, 6) is 0.748. The van der Waals surface area contributed by atoms with Crippen LogP contribution in [0, 0.1) is 10.7 Å². The van der Waals surface area contributed by atoms with E-state index in [4.69, 9.17) is 30.4 Å². The van der Waals surface area contributed by atoms with Gasteiger partial charge in [0.2, 0.25) is 6.79 Å². The summed E-state index contributed by atoms with van der Waals surface area (Å²) in [6.07, 6.45) is 1.30. The highest BCUT2D eigenvalue weighted by molar-refractivity contribution is 7.90. The number of nitrogens with zero attached hydrogens (tertiary/aromatic N) is 4. The Hall–Kier alpha value is -4.93. The zero-order valence-corrected chi connectivity index (χ0v) is 28.5. The molecule has 0 bridgehead atoms. The Bertz CT molecular complexity index is 2190. The van der Waals surface area contributed by atoms with Crippen LogP contribution >= 0.6 is 19.3 Å². The Kier molecular flexibility index (Phi) is 11.4. The van der Waals surface area contributed by atoms with E-state index >= 15 is 0 Å². The van der Waals surface area contributed by atoms with Gasteiger partial charge in [0.05, 0.1) is 22.8 Å². The molecule has 0 aliphatic heterocycles. The standard InChI is InChI=1S/C31H28ClFN5O10PS/c1-50(43,44)12-11-38(31(39)46-19-47-49(41,42)37-40)16-24-7-10-28(48-24)21-5-8-27-25(14-21)30(35-18-34-27)36-23-6-9-29(26(32)15-23)45-17-20-3-2-4-22(33)13-20/h2-10,13-15,18H,11-12,16-17,19H2,1H3,(H,41,42)(H,34,35,36). The van der Waals surface area contributed by atoms with Gasteiger partial charge in [-0.3, -0.25) is 9.42 Å². The maximum atomic E-state index is 13.5. The quantitative estimate of drug-likeness (QED) is 0.0642. The average molecular weight is 748 g/mol. The van der Waals surface area contributed by atoms with Crippen LogP contribution in [0.2, 0.25) is 5.02 Å². The molecule has 1 atom stereocenters. The maximum Gasteiger partial charge on any atom is 0.490 e. The molecule has 19 heteroatoms. The summed E-state index contributed by atoms with van der Waals surface area (Å²) in [7, 11) is -8.33. The van der Waals surface area contributed by atoms with Crippen molar-refractivity contribution in [3.63, 3.8) is 0 Å². The molecular formula is C31H28ClFN5O10PS. The van der Waals surface area contributed by atoms with Crippen molar-refractivity contribution in [1.82, 2.24) is 14.9 Å². The van der Waals surface area contributed by atoms with Crippen LogP contribution in [0.1, 0.15) is 11.3 Å². The Labute approximate surface area is 289 Å². The first-order chi connectivity index (χ1) is 23.8. The number of carbonyl (C=O) groups is 1. The van der Waals surface area contributed by atoms with E-state index < -0.39 is 36.2 Å². The van der Waals surface area contributed by atoms with Gasteiger partial charge in [-0.25, -0.2) is 32.1 Å². The van der Waals surface area contributed by atoms with Crippen LogP contribution < -0.4 is 10.1 Å². The molecule has 262 valence electrons. The molecule has 1 amide bonds. The lowest BCUT2D eigenvalue weighted by molar-refractivity contribution is 0.0287. The number of ether oxygens (including phenoxy) is 2. The number of furan rings is 1. The molecule has 2 aromatic heterocycles. The minimum absolute atomic E-state index is 0.130. The number of halogens is 2. The van der Waals surface area contributed by atoms with Crippen LogP contribution in [-0.4, -0.2) is 59.6 Å². The first kappa shape index (κ1) is 36.4. The van der Waals surface area contributed by atoms with Gasteiger partial charge in [0.1, 0.15) is 51.7 Å². The molecule has 50 heavy (non-hydrogen) atoms. The molecule has 0 spiro atoms. The van der Waals surface area contributed by atoms with E-state index in [1.54, 1.807) is 60.7 Å². The van der Waals surface area contributed by atoms with Crippen molar-refractivity contribution in [3.05, 3.63) is 106 Å². The van der Waals surface area contributed by atoms with Gasteiger partial charge in [-0.2, -0.15) is 0 Å². The summed E-state index contributed by atoms with van der Waals surface area (Å²) in [4.78, 5) is 43.7. The van der Waals surface area contributed by atoms with Crippen molar-refractivity contribution in [3.8, 4) is 17.1 Å². The second-order valence-electron chi connectivity index (χ2n) is 10.7. The van der Waals surface area contributed by atoms with E-state index in [2.05, 4.69) is 19.8 Å². The Morgan fingerprint density at radius 3 is 2.68 bits per heavy atom. The van der Waals surface area contributed by atoms with E-state index in [0.717, 1.165) is 11.2 Å². The molecular weight excluding hydrogens is 720 g/mol. The van der Waals surface area contributed by atoms with Gasteiger partial charge in [0, 0.05) is 34.4 Å². The van der Waals surface area contributed by atoms with E-state index in [9.17, 15) is 27.1 Å². The van der Waals surface area contributed by atoms with Crippen LogP contribution in [0.3, 0.4) is 0 Å². The number of hydrogen-bond donors (Lipinski definition) is 2. The third kappa shape index (κ3) is 10.1. The molecule has 0 saturated carbocycles. The van der Waals surface area contributed by atoms with Crippen LogP contribution in [-0.2, 0) is 36.8 Å². The molecule has 0 radical (unpaired) electrons. The molecule has 0 saturated heterocycles. The Morgan fingerprint density at radius 2 is 1.94 bits per heavy atom. The smallest absolute Gasteiger partial charge is 0.487 e. The second kappa shape index (κ2) is 15.7. The molecule has 0 aliphatic rings. The number of nitroso groups, excluding NO2 is 1. The van der Waals surface area contributed by atoms with Crippen LogP contribution in [0.4, 0.5) is 20.7 Å². The predicted molar refractivity (Wildman–Crippen MR) is 181 cm³/mol. The number of carbonyl (C=O) groups excluding carboxylic acids is 1. The fraction of sp³-hybridized carbons (Fsp3) is 0.194. The van der Waals surface area contributed by atoms with Crippen molar-refractivity contribution in [2.75, 3.05) is 30.7 Å². The number of sulfone groups is 1. The van der Waals surface area contributed by atoms with Crippen molar-refractivity contribution in [2.24, 2.45) is 4.95 Å². The van der Waals surface area contributed by atoms with Crippen LogP contribution in [0.15, 0.2) is 88.5 Å². The summed E-state index contributed by atoms with van der Waals surface area (Å²) >= 11 is 6.48. The molecule has 3 aromatic carbocycles. The molecule has 1 unspecified atom stereocenters. The number of amides is 1. The molecule has 2 N–H and O–H groups in total. The molecule has 15 nitrogen and oxygen atoms in total. The molecule has 5 rings (SSSR count). The lowest BCUT2D eigenvalue weighted by Gasteiger charge is -2.20. The van der Waals surface area contributed by atoms with Crippen molar-refractivity contribution in [1.29, 1.82) is 0 Å². The Morgan fingerprint density at radius 1 is 1.12 bits per heavy atom. The minimum Gasteiger partial charge on any atom is -0.487 e. The first-order valence-corrected chi connectivity index (χ1v) is 18.4. The number of rotatable bonds is 15. The van der Waals surface area contributed by atoms with Crippen molar-refractivity contribution >= 4 is 57.7 Å². The fourth-order valence-electron chi connectivity index (χ4n) is 4.51. The summed E-state index contributed by atoms with van der Waals surface area (Å²) in [5.41, 5.74) is 2.50. The van der Waals surface area contributed by atoms with Gasteiger partial charge in [-0.05, 0) is 66.2 Å². The molecule has 0 aliphatic carbocycles. The van der Waals surface area contributed by atoms with Crippen molar-refractivity contribution in [2.45, 2.75) is 13.2 Å². The van der Waals surface area contributed by atoms with E-state index in [1.807, 2.05) is 4.95 Å². The lowest BCUT2D eigenvalue weighted by Crippen LogP contribution is -2.35. The largest absolute Gasteiger partial charge is 0.490 e. The van der Waals surface area contributed by atoms with Gasteiger partial charge >= 0.3 is 13.8 Å². The number of fused-ring (bicyclic) bond motifs is 1. The number of anilines is 2. The monoisotopic (exact) mass is 747 g/mol. The lowest BCUT2D eigenvalue weighted by atomic mass is 10.1. The van der Waals surface area contributed by atoms with Gasteiger partial charge in [-0.1, -0.05) is 23.7 Å². The molecule has 5 aromatic rings. The van der Waals surface area contributed by atoms with Gasteiger partial charge in [0.25, 0.3) is 0 Å². The number of nitrogens with one attached hydrogen (secondary N) is 1. The maximum absolute atomic E-state index is 13.5. The predicted octanol–water partition coefficient (Wildman–Crippen LogP) is 6.83. The average Bonchev–Trinajstić information content (AvgIpc) is 3.54. The van der Waals surface area contributed by atoms with E-state index in [0.29, 0.717) is 50.1 Å². The molecule has 0 fully saturated rings. The van der Waals surface area contributed by atoms with Crippen molar-refractivity contribution < 1.29 is 45.5 Å². The van der Waals surface area contributed by atoms with Gasteiger partial charge < -0.3 is 24.1 Å². The third-order valence-corrected chi connectivity index (χ3v) is 8.77. The van der Waals surface area contributed by atoms with Crippen LogP contribution in [0.25, 0.3) is 22.2 Å². The second-order valence-corrected chi connectivity index (χ2v) is 14.8. The first-order valence-electron chi connectivity index (χ1n) is 14.5. The SMILES string of the molecule is CS(=O)(=O)CCN(Cc1ccc(-c2ccc3ncnc(Nc4ccc(OCc5cccc(F)c5)c(Cl)c4)c3c2)o1)C(=O)OCOP(=O)(O)N=O. The third-order valence-electron chi connectivity index (χ3n) is 6.90. The van der Waals surface area contributed by atoms with Gasteiger partial charge in [-0.15, -0.1) is 4.91 Å². The number of hydrogen-bond acceptors (Lipinski definition) is 12. The summed E-state index contributed by atoms with van der Waals surface area (Å²) in [6.45, 7) is -1.48. The fourth-order valence-corrected chi connectivity index (χ4v) is 5.53. The number of aromatic nitrogens is 2. The highest BCUT2D eigenvalue weighted by Gasteiger charge is 2.24. The zero-order valence-electron chi connectivity index (χ0n) is 26.1. The van der Waals surface area contributed by atoms with E-state index in [1.165, 1.54) is 18.5 Å². The number of benzene rings is 3. The van der Waals surface area contributed by atoms with E-state index in [-0.39, 0.29) is 31.3 Å². The highest BCUT2D eigenvalue weighted by atomic mass is 35.5. The minimum atomic E-state index is -4.83. The topological polar surface area (TPSA) is 200 Å². The van der Waals surface area contributed by atoms with Gasteiger partial charge in [0.15, 0.2) is 0 Å². The highest BCUT2D eigenvalue weighted by Crippen LogP contribution is 2.42. The summed E-state index contributed by atoms with van der Waals surface area (Å²) in [6, 6.07) is 19.7. The Balaban J connectivity index is 1.30. The summed E-state index contributed by atoms with van der Waals surface area (Å²) < 4.78 is 69.0. The molecule has 2 heterocycles. The zero-order chi connectivity index (χ0) is 35.9. The van der Waals surface area contributed by atoms with Crippen LogP contribution in [0.5, 0.6) is 5.75 Å².